The monoisotopic (exact) mass is 234 g/mol. The van der Waals surface area contributed by atoms with E-state index < -0.39 is 0 Å². The number of nitrogens with two attached hydrogens (primary N) is 1. The Kier molecular flexibility index (Phi) is 2.36. The molecule has 5 nitrogen and oxygen atoms in total. The molecule has 0 atom stereocenters. The number of primary amides is 1. The average Bonchev–Trinajstić information content (AvgIpc) is 2.79. The summed E-state index contributed by atoms with van der Waals surface area (Å²) in [7, 11) is 0. The number of rotatable bonds is 0. The minimum atomic E-state index is -0.292. The van der Waals surface area contributed by atoms with Crippen LogP contribution in [0, 0.1) is 0 Å². The smallest absolute Gasteiger partial charge is 0.315 e. The van der Waals surface area contributed by atoms with Gasteiger partial charge in [0.1, 0.15) is 0 Å². The molecule has 2 aliphatic rings. The Hall–Kier alpha value is -1.49. The molecule has 3 heterocycles. The van der Waals surface area contributed by atoms with Crippen LogP contribution in [0.3, 0.4) is 0 Å². The molecule has 1 spiro atoms. The van der Waals surface area contributed by atoms with Gasteiger partial charge in [-0.3, -0.25) is 0 Å². The highest BCUT2D eigenvalue weighted by Gasteiger charge is 2.45. The normalized spacial score (nSPS) is 22.5. The van der Waals surface area contributed by atoms with E-state index in [1.54, 1.807) is 0 Å². The molecule has 5 heteroatoms. The Balaban J connectivity index is 2.08. The number of amides is 2. The molecule has 1 saturated heterocycles. The molecule has 1 aromatic rings. The molecule has 0 aliphatic carbocycles. The predicted octanol–water partition coefficient (Wildman–Crippen LogP) is 0.461. The fourth-order valence-electron chi connectivity index (χ4n) is 3.28. The first kappa shape index (κ1) is 10.7. The Morgan fingerprint density at radius 3 is 2.82 bits per heavy atom. The van der Waals surface area contributed by atoms with E-state index >= 15 is 0 Å². The fraction of sp³-hybridized carbons (Fsp3) is 0.583. The summed E-state index contributed by atoms with van der Waals surface area (Å²) < 4.78 is 2.25. The molecule has 0 saturated carbocycles. The van der Waals surface area contributed by atoms with Gasteiger partial charge < -0.3 is 20.5 Å². The van der Waals surface area contributed by atoms with Crippen LogP contribution in [0.1, 0.15) is 18.5 Å². The third-order valence-corrected chi connectivity index (χ3v) is 4.08. The SMILES string of the molecule is NC(=O)N1CCn2cccc2C12CCNCC2. The van der Waals surface area contributed by atoms with Crippen LogP contribution >= 0.6 is 0 Å². The third kappa shape index (κ3) is 1.45. The summed E-state index contributed by atoms with van der Waals surface area (Å²) in [6.45, 7) is 3.45. The van der Waals surface area contributed by atoms with E-state index in [0.717, 1.165) is 39.0 Å². The molecule has 92 valence electrons. The summed E-state index contributed by atoms with van der Waals surface area (Å²) in [5.74, 6) is 0. The van der Waals surface area contributed by atoms with Gasteiger partial charge in [0, 0.05) is 25.0 Å². The number of urea groups is 1. The molecule has 3 N–H and O–H groups in total. The van der Waals surface area contributed by atoms with Crippen LogP contribution in [0.4, 0.5) is 4.79 Å². The van der Waals surface area contributed by atoms with Crippen molar-refractivity contribution in [2.24, 2.45) is 5.73 Å². The lowest BCUT2D eigenvalue weighted by Crippen LogP contribution is -2.60. The number of hydrogen-bond acceptors (Lipinski definition) is 2. The van der Waals surface area contributed by atoms with Crippen molar-refractivity contribution in [1.82, 2.24) is 14.8 Å². The second kappa shape index (κ2) is 3.77. The number of hydrogen-bond donors (Lipinski definition) is 2. The van der Waals surface area contributed by atoms with Crippen molar-refractivity contribution < 1.29 is 4.79 Å². The van der Waals surface area contributed by atoms with Crippen molar-refractivity contribution in [3.8, 4) is 0 Å². The molecule has 0 radical (unpaired) electrons. The van der Waals surface area contributed by atoms with Crippen molar-refractivity contribution in [3.63, 3.8) is 0 Å². The standard InChI is InChI=1S/C12H18N4O/c13-11(17)16-9-8-15-7-1-2-10(15)12(16)3-5-14-6-4-12/h1-2,7,14H,3-6,8-9H2,(H2,13,17). The van der Waals surface area contributed by atoms with Gasteiger partial charge in [-0.1, -0.05) is 0 Å². The highest BCUT2D eigenvalue weighted by Crippen LogP contribution is 2.39. The lowest BCUT2D eigenvalue weighted by atomic mass is 9.82. The molecule has 3 rings (SSSR count). The number of fused-ring (bicyclic) bond motifs is 2. The number of carbonyl (C=O) groups excluding carboxylic acids is 1. The van der Waals surface area contributed by atoms with Crippen LogP contribution in [-0.4, -0.2) is 35.1 Å². The van der Waals surface area contributed by atoms with Crippen LogP contribution in [0.15, 0.2) is 18.3 Å². The highest BCUT2D eigenvalue weighted by atomic mass is 16.2. The van der Waals surface area contributed by atoms with E-state index in [1.165, 1.54) is 5.69 Å². The number of nitrogens with one attached hydrogen (secondary N) is 1. The van der Waals surface area contributed by atoms with E-state index in [0.29, 0.717) is 0 Å². The first-order valence-corrected chi connectivity index (χ1v) is 6.17. The molecular weight excluding hydrogens is 216 g/mol. The Labute approximate surface area is 101 Å². The van der Waals surface area contributed by atoms with Crippen molar-refractivity contribution in [1.29, 1.82) is 0 Å². The summed E-state index contributed by atoms with van der Waals surface area (Å²) >= 11 is 0. The molecular formula is C12H18N4O. The number of piperidine rings is 1. The molecule has 2 aliphatic heterocycles. The molecule has 2 amide bonds. The third-order valence-electron chi connectivity index (χ3n) is 4.08. The van der Waals surface area contributed by atoms with Gasteiger partial charge in [-0.05, 0) is 38.1 Å². The molecule has 1 fully saturated rings. The number of aromatic nitrogens is 1. The van der Waals surface area contributed by atoms with Gasteiger partial charge in [-0.15, -0.1) is 0 Å². The summed E-state index contributed by atoms with van der Waals surface area (Å²) in [5.41, 5.74) is 6.61. The van der Waals surface area contributed by atoms with E-state index in [9.17, 15) is 4.79 Å². The minimum Gasteiger partial charge on any atom is -0.351 e. The van der Waals surface area contributed by atoms with Crippen LogP contribution in [0.5, 0.6) is 0 Å². The maximum atomic E-state index is 11.7. The zero-order valence-electron chi connectivity index (χ0n) is 9.85. The summed E-state index contributed by atoms with van der Waals surface area (Å²) in [6, 6.07) is 3.89. The lowest BCUT2D eigenvalue weighted by molar-refractivity contribution is 0.0592. The van der Waals surface area contributed by atoms with E-state index in [-0.39, 0.29) is 11.6 Å². The summed E-state index contributed by atoms with van der Waals surface area (Å²) in [5, 5.41) is 3.35. The predicted molar refractivity (Wildman–Crippen MR) is 64.5 cm³/mol. The number of nitrogens with zero attached hydrogens (tertiary/aromatic N) is 2. The van der Waals surface area contributed by atoms with Crippen LogP contribution in [0.25, 0.3) is 0 Å². The van der Waals surface area contributed by atoms with Gasteiger partial charge in [0.15, 0.2) is 0 Å². The average molecular weight is 234 g/mol. The van der Waals surface area contributed by atoms with Crippen molar-refractivity contribution >= 4 is 6.03 Å². The van der Waals surface area contributed by atoms with Crippen LogP contribution in [-0.2, 0) is 12.1 Å². The molecule has 0 aromatic carbocycles. The molecule has 1 aromatic heterocycles. The second-order valence-corrected chi connectivity index (χ2v) is 4.86. The second-order valence-electron chi connectivity index (χ2n) is 4.86. The van der Waals surface area contributed by atoms with Crippen molar-refractivity contribution in [2.45, 2.75) is 24.9 Å². The van der Waals surface area contributed by atoms with Crippen LogP contribution in [0.2, 0.25) is 0 Å². The first-order valence-electron chi connectivity index (χ1n) is 6.17. The van der Waals surface area contributed by atoms with Crippen LogP contribution < -0.4 is 11.1 Å². The fourth-order valence-corrected chi connectivity index (χ4v) is 3.28. The number of carbonyl (C=O) groups is 1. The Morgan fingerprint density at radius 1 is 1.35 bits per heavy atom. The maximum absolute atomic E-state index is 11.7. The Bertz CT molecular complexity index is 433. The molecule has 0 unspecified atom stereocenters. The van der Waals surface area contributed by atoms with Crippen molar-refractivity contribution in [2.75, 3.05) is 19.6 Å². The van der Waals surface area contributed by atoms with Gasteiger partial charge >= 0.3 is 6.03 Å². The maximum Gasteiger partial charge on any atom is 0.315 e. The zero-order valence-corrected chi connectivity index (χ0v) is 9.85. The topological polar surface area (TPSA) is 63.3 Å². The summed E-state index contributed by atoms with van der Waals surface area (Å²) in [6.07, 6.45) is 3.98. The Morgan fingerprint density at radius 2 is 2.12 bits per heavy atom. The van der Waals surface area contributed by atoms with E-state index in [1.807, 2.05) is 4.90 Å². The first-order chi connectivity index (χ1) is 8.24. The van der Waals surface area contributed by atoms with Gasteiger partial charge in [0.05, 0.1) is 5.54 Å². The minimum absolute atomic E-state index is 0.182. The highest BCUT2D eigenvalue weighted by molar-refractivity contribution is 5.73. The molecule has 17 heavy (non-hydrogen) atoms. The van der Waals surface area contributed by atoms with Gasteiger partial charge in [0.2, 0.25) is 0 Å². The summed E-state index contributed by atoms with van der Waals surface area (Å²) in [4.78, 5) is 13.5. The largest absolute Gasteiger partial charge is 0.351 e. The zero-order chi connectivity index (χ0) is 11.9. The van der Waals surface area contributed by atoms with Gasteiger partial charge in [-0.25, -0.2) is 4.79 Å². The van der Waals surface area contributed by atoms with Gasteiger partial charge in [0.25, 0.3) is 0 Å². The van der Waals surface area contributed by atoms with Gasteiger partial charge in [-0.2, -0.15) is 0 Å². The van der Waals surface area contributed by atoms with E-state index in [2.05, 4.69) is 28.2 Å². The lowest BCUT2D eigenvalue weighted by Gasteiger charge is -2.49. The quantitative estimate of drug-likeness (QED) is 0.685. The molecule has 0 bridgehead atoms. The van der Waals surface area contributed by atoms with E-state index in [4.69, 9.17) is 5.73 Å². The van der Waals surface area contributed by atoms with Crippen molar-refractivity contribution in [3.05, 3.63) is 24.0 Å².